The number of carbonyl (C=O) groups is 1. The quantitative estimate of drug-likeness (QED) is 0.659. The number of nitrogens with zero attached hydrogens (tertiary/aromatic N) is 2. The van der Waals surface area contributed by atoms with Crippen LogP contribution in [0.5, 0.6) is 5.75 Å². The van der Waals surface area contributed by atoms with Gasteiger partial charge in [0, 0.05) is 23.0 Å². The number of benzene rings is 1. The summed E-state index contributed by atoms with van der Waals surface area (Å²) in [4.78, 5) is 16.0. The zero-order chi connectivity index (χ0) is 16.8. The minimum atomic E-state index is -0.761. The van der Waals surface area contributed by atoms with Gasteiger partial charge in [-0.05, 0) is 44.2 Å². The van der Waals surface area contributed by atoms with E-state index in [2.05, 4.69) is 15.5 Å². The molecule has 0 fully saturated rings. The molecule has 0 aliphatic carbocycles. The zero-order valence-electron chi connectivity index (χ0n) is 12.6. The summed E-state index contributed by atoms with van der Waals surface area (Å²) < 4.78 is 5.52. The molecule has 7 heteroatoms. The number of hydrogen-bond acceptors (Lipinski definition) is 4. The molecule has 0 saturated heterocycles. The Kier molecular flexibility index (Phi) is 5.96. The number of nitrogens with one attached hydrogen (secondary N) is 1. The summed E-state index contributed by atoms with van der Waals surface area (Å²) in [7, 11) is 0. The topological polar surface area (TPSA) is 63.6 Å². The van der Waals surface area contributed by atoms with Crippen molar-refractivity contribution >= 4 is 34.8 Å². The number of hydrazone groups is 1. The number of aromatic nitrogens is 1. The predicted octanol–water partition coefficient (Wildman–Crippen LogP) is 3.70. The molecule has 120 valence electrons. The Morgan fingerprint density at radius 1 is 1.26 bits per heavy atom. The van der Waals surface area contributed by atoms with Crippen LogP contribution >= 0.6 is 23.2 Å². The maximum absolute atomic E-state index is 12.0. The lowest BCUT2D eigenvalue weighted by atomic mass is 10.2. The summed E-state index contributed by atoms with van der Waals surface area (Å²) >= 11 is 11.8. The predicted molar refractivity (Wildman–Crippen MR) is 91.1 cm³/mol. The molecule has 0 spiro atoms. The van der Waals surface area contributed by atoms with Crippen molar-refractivity contribution in [3.05, 3.63) is 58.3 Å². The average Bonchev–Trinajstić information content (AvgIpc) is 2.55. The van der Waals surface area contributed by atoms with Crippen LogP contribution in [0.4, 0.5) is 0 Å². The van der Waals surface area contributed by atoms with Crippen molar-refractivity contribution in [2.24, 2.45) is 5.10 Å². The molecule has 1 amide bonds. The normalized spacial score (nSPS) is 12.6. The van der Waals surface area contributed by atoms with Gasteiger partial charge in [0.15, 0.2) is 6.10 Å². The molecule has 2 aromatic rings. The Labute approximate surface area is 144 Å². The molecule has 1 aromatic carbocycles. The van der Waals surface area contributed by atoms with Crippen LogP contribution in [0.25, 0.3) is 0 Å². The van der Waals surface area contributed by atoms with Crippen molar-refractivity contribution in [2.45, 2.75) is 20.0 Å². The van der Waals surface area contributed by atoms with Crippen LogP contribution < -0.4 is 10.2 Å². The Morgan fingerprint density at radius 2 is 1.96 bits per heavy atom. The van der Waals surface area contributed by atoms with Gasteiger partial charge in [0.05, 0.1) is 10.7 Å². The number of carbonyl (C=O) groups excluding carboxylic acids is 1. The molecule has 0 radical (unpaired) electrons. The third kappa shape index (κ3) is 4.94. The van der Waals surface area contributed by atoms with Crippen molar-refractivity contribution in [2.75, 3.05) is 0 Å². The summed E-state index contributed by atoms with van der Waals surface area (Å²) in [6.07, 6.45) is 2.55. The molecule has 2 rings (SSSR count). The second-order valence-electron chi connectivity index (χ2n) is 4.74. The number of halogens is 2. The van der Waals surface area contributed by atoms with Gasteiger partial charge >= 0.3 is 0 Å². The van der Waals surface area contributed by atoms with Gasteiger partial charge in [-0.2, -0.15) is 5.10 Å². The number of pyridine rings is 1. The van der Waals surface area contributed by atoms with Crippen molar-refractivity contribution in [3.63, 3.8) is 0 Å². The van der Waals surface area contributed by atoms with Crippen LogP contribution in [-0.2, 0) is 4.79 Å². The van der Waals surface area contributed by atoms with E-state index in [1.807, 2.05) is 0 Å². The molecule has 1 aromatic heterocycles. The average molecular weight is 352 g/mol. The molecule has 0 bridgehead atoms. The molecule has 1 N–H and O–H groups in total. The Hall–Kier alpha value is -2.11. The molecule has 0 aliphatic rings. The highest BCUT2D eigenvalue weighted by Crippen LogP contribution is 2.28. The summed E-state index contributed by atoms with van der Waals surface area (Å²) in [5, 5.41) is 4.89. The van der Waals surface area contributed by atoms with Crippen molar-refractivity contribution in [1.82, 2.24) is 10.4 Å². The molecule has 23 heavy (non-hydrogen) atoms. The van der Waals surface area contributed by atoms with Gasteiger partial charge in [-0.1, -0.05) is 23.2 Å². The van der Waals surface area contributed by atoms with E-state index >= 15 is 0 Å². The fourth-order valence-corrected chi connectivity index (χ4v) is 2.16. The first-order chi connectivity index (χ1) is 11.0. The molecule has 5 nitrogen and oxygen atoms in total. The maximum atomic E-state index is 12.0. The lowest BCUT2D eigenvalue weighted by molar-refractivity contribution is -0.127. The molecular formula is C16H15Cl2N3O2. The SMILES string of the molecule is C/C(=N\NC(=O)C(C)Oc1ccc(Cl)cc1Cl)c1ccncc1. The number of amides is 1. The first-order valence-electron chi connectivity index (χ1n) is 6.83. The monoisotopic (exact) mass is 351 g/mol. The summed E-state index contributed by atoms with van der Waals surface area (Å²) in [5.41, 5.74) is 4.00. The van der Waals surface area contributed by atoms with Crippen LogP contribution in [-0.4, -0.2) is 22.7 Å². The Balaban J connectivity index is 1.97. The highest BCUT2D eigenvalue weighted by molar-refractivity contribution is 6.35. The minimum Gasteiger partial charge on any atom is -0.479 e. The smallest absolute Gasteiger partial charge is 0.280 e. The highest BCUT2D eigenvalue weighted by Gasteiger charge is 2.16. The van der Waals surface area contributed by atoms with E-state index < -0.39 is 6.10 Å². The van der Waals surface area contributed by atoms with Crippen molar-refractivity contribution in [1.29, 1.82) is 0 Å². The second-order valence-corrected chi connectivity index (χ2v) is 5.59. The number of hydrogen-bond donors (Lipinski definition) is 1. The Morgan fingerprint density at radius 3 is 2.61 bits per heavy atom. The van der Waals surface area contributed by atoms with E-state index in [0.29, 0.717) is 21.5 Å². The summed E-state index contributed by atoms with van der Waals surface area (Å²) in [6.45, 7) is 3.40. The van der Waals surface area contributed by atoms with Gasteiger partial charge in [0.2, 0.25) is 0 Å². The summed E-state index contributed by atoms with van der Waals surface area (Å²) in [5.74, 6) is -0.00188. The van der Waals surface area contributed by atoms with Gasteiger partial charge in [0.25, 0.3) is 5.91 Å². The van der Waals surface area contributed by atoms with Gasteiger partial charge in [-0.15, -0.1) is 0 Å². The number of rotatable bonds is 5. The standard InChI is InChI=1S/C16H15Cl2N3O2/c1-10(12-5-7-19-8-6-12)20-21-16(22)11(2)23-15-4-3-13(17)9-14(15)18/h3-9,11H,1-2H3,(H,21,22)/b20-10+. The second kappa shape index (κ2) is 7.94. The third-order valence-corrected chi connectivity index (χ3v) is 3.53. The lowest BCUT2D eigenvalue weighted by Gasteiger charge is -2.14. The molecule has 1 unspecified atom stereocenters. The van der Waals surface area contributed by atoms with E-state index in [-0.39, 0.29) is 5.91 Å². The molecule has 1 heterocycles. The van der Waals surface area contributed by atoms with E-state index in [1.54, 1.807) is 56.6 Å². The first-order valence-corrected chi connectivity index (χ1v) is 7.59. The molecule has 0 aliphatic heterocycles. The van der Waals surface area contributed by atoms with Gasteiger partial charge in [0.1, 0.15) is 5.75 Å². The van der Waals surface area contributed by atoms with Crippen LogP contribution in [0, 0.1) is 0 Å². The fourth-order valence-electron chi connectivity index (χ4n) is 1.70. The largest absolute Gasteiger partial charge is 0.479 e. The van der Waals surface area contributed by atoms with E-state index in [0.717, 1.165) is 5.56 Å². The molecule has 0 saturated carbocycles. The van der Waals surface area contributed by atoms with Crippen molar-refractivity contribution < 1.29 is 9.53 Å². The number of ether oxygens (including phenoxy) is 1. The van der Waals surface area contributed by atoms with E-state index in [4.69, 9.17) is 27.9 Å². The van der Waals surface area contributed by atoms with Gasteiger partial charge < -0.3 is 4.74 Å². The third-order valence-electron chi connectivity index (χ3n) is 3.00. The van der Waals surface area contributed by atoms with Crippen LogP contribution in [0.3, 0.4) is 0 Å². The minimum absolute atomic E-state index is 0.341. The first kappa shape index (κ1) is 17.2. The van der Waals surface area contributed by atoms with Crippen molar-refractivity contribution in [3.8, 4) is 5.75 Å². The lowest BCUT2D eigenvalue weighted by Crippen LogP contribution is -2.34. The Bertz CT molecular complexity index is 721. The van der Waals surface area contributed by atoms with Crippen LogP contribution in [0.2, 0.25) is 10.0 Å². The van der Waals surface area contributed by atoms with Gasteiger partial charge in [-0.25, -0.2) is 5.43 Å². The fraction of sp³-hybridized carbons (Fsp3) is 0.188. The van der Waals surface area contributed by atoms with E-state index in [9.17, 15) is 4.79 Å². The van der Waals surface area contributed by atoms with Crippen LogP contribution in [0.1, 0.15) is 19.4 Å². The summed E-state index contributed by atoms with van der Waals surface area (Å²) in [6, 6.07) is 8.41. The zero-order valence-corrected chi connectivity index (χ0v) is 14.1. The van der Waals surface area contributed by atoms with Gasteiger partial charge in [-0.3, -0.25) is 9.78 Å². The molecular weight excluding hydrogens is 337 g/mol. The maximum Gasteiger partial charge on any atom is 0.280 e. The highest BCUT2D eigenvalue weighted by atomic mass is 35.5. The van der Waals surface area contributed by atoms with Crippen LogP contribution in [0.15, 0.2) is 47.8 Å². The van der Waals surface area contributed by atoms with E-state index in [1.165, 1.54) is 0 Å². The molecule has 1 atom stereocenters.